The molecule has 2 nitrogen and oxygen atoms in total. The second-order valence-electron chi connectivity index (χ2n) is 3.19. The van der Waals surface area contributed by atoms with Crippen molar-refractivity contribution in [2.45, 2.75) is 19.8 Å². The summed E-state index contributed by atoms with van der Waals surface area (Å²) in [5.41, 5.74) is 2.48. The third-order valence-electron chi connectivity index (χ3n) is 2.13. The quantitative estimate of drug-likeness (QED) is 0.661. The summed E-state index contributed by atoms with van der Waals surface area (Å²) in [6.07, 6.45) is 0. The van der Waals surface area contributed by atoms with E-state index in [4.69, 9.17) is 4.74 Å². The molecule has 0 amide bonds. The third kappa shape index (κ3) is 2.58. The molecule has 1 atom stereocenters. The van der Waals surface area contributed by atoms with Crippen LogP contribution >= 0.6 is 0 Å². The Bertz CT molecular complexity index is 281. The molecule has 1 aromatic carbocycles. The van der Waals surface area contributed by atoms with Crippen LogP contribution < -0.4 is 0 Å². The SMILES string of the molecule is Cc1ccccc1[C@H](C)COC=O. The fourth-order valence-corrected chi connectivity index (χ4v) is 1.41. The first kappa shape index (κ1) is 9.78. The fourth-order valence-electron chi connectivity index (χ4n) is 1.41. The lowest BCUT2D eigenvalue weighted by Crippen LogP contribution is -2.04. The number of hydrogen-bond donors (Lipinski definition) is 0. The third-order valence-corrected chi connectivity index (χ3v) is 2.13. The molecule has 0 heterocycles. The van der Waals surface area contributed by atoms with Gasteiger partial charge in [0.05, 0.1) is 6.61 Å². The Morgan fingerprint density at radius 2 is 2.15 bits per heavy atom. The molecule has 1 aromatic rings. The first-order valence-corrected chi connectivity index (χ1v) is 4.36. The van der Waals surface area contributed by atoms with Gasteiger partial charge in [0, 0.05) is 5.92 Å². The zero-order valence-electron chi connectivity index (χ0n) is 7.99. The lowest BCUT2D eigenvalue weighted by molar-refractivity contribution is -0.129. The maximum Gasteiger partial charge on any atom is 0.293 e. The molecule has 0 spiro atoms. The topological polar surface area (TPSA) is 26.3 Å². The Morgan fingerprint density at radius 3 is 2.77 bits per heavy atom. The number of hydrogen-bond acceptors (Lipinski definition) is 2. The normalized spacial score (nSPS) is 12.2. The van der Waals surface area contributed by atoms with E-state index >= 15 is 0 Å². The maximum atomic E-state index is 10.0. The minimum atomic E-state index is 0.270. The predicted octanol–water partition coefficient (Wildman–Crippen LogP) is 2.27. The summed E-state index contributed by atoms with van der Waals surface area (Å²) in [7, 11) is 0. The van der Waals surface area contributed by atoms with Gasteiger partial charge in [0.25, 0.3) is 6.47 Å². The van der Waals surface area contributed by atoms with E-state index in [1.54, 1.807) is 0 Å². The minimum absolute atomic E-state index is 0.270. The van der Waals surface area contributed by atoms with Crippen molar-refractivity contribution in [1.29, 1.82) is 0 Å². The molecule has 0 aliphatic carbocycles. The molecule has 0 unspecified atom stereocenters. The monoisotopic (exact) mass is 178 g/mol. The Kier molecular flexibility index (Phi) is 3.50. The van der Waals surface area contributed by atoms with Gasteiger partial charge < -0.3 is 4.74 Å². The molecular formula is C11H14O2. The van der Waals surface area contributed by atoms with Gasteiger partial charge >= 0.3 is 0 Å². The first-order valence-electron chi connectivity index (χ1n) is 4.36. The highest BCUT2D eigenvalue weighted by Gasteiger charge is 2.07. The summed E-state index contributed by atoms with van der Waals surface area (Å²) in [5.74, 6) is 0.270. The van der Waals surface area contributed by atoms with Crippen molar-refractivity contribution in [3.05, 3.63) is 35.4 Å². The second-order valence-corrected chi connectivity index (χ2v) is 3.19. The van der Waals surface area contributed by atoms with Crippen LogP contribution in [0.5, 0.6) is 0 Å². The van der Waals surface area contributed by atoms with Crippen LogP contribution in [0.15, 0.2) is 24.3 Å². The number of aryl methyl sites for hydroxylation is 1. The summed E-state index contributed by atoms with van der Waals surface area (Å²) in [4.78, 5) is 10.0. The van der Waals surface area contributed by atoms with Crippen LogP contribution in [0.1, 0.15) is 24.0 Å². The highest BCUT2D eigenvalue weighted by molar-refractivity contribution is 5.37. The summed E-state index contributed by atoms with van der Waals surface area (Å²) in [6, 6.07) is 8.13. The Balaban J connectivity index is 2.70. The van der Waals surface area contributed by atoms with Gasteiger partial charge in [0.2, 0.25) is 0 Å². The van der Waals surface area contributed by atoms with E-state index in [9.17, 15) is 4.79 Å². The molecule has 0 bridgehead atoms. The standard InChI is InChI=1S/C11H14O2/c1-9-5-3-4-6-11(9)10(2)7-13-8-12/h3-6,8,10H,7H2,1-2H3/t10-/m1/s1. The molecule has 2 heteroatoms. The number of ether oxygens (including phenoxy) is 1. The minimum Gasteiger partial charge on any atom is -0.467 e. The van der Waals surface area contributed by atoms with Gasteiger partial charge in [-0.1, -0.05) is 31.2 Å². The molecular weight excluding hydrogens is 164 g/mol. The van der Waals surface area contributed by atoms with Crippen molar-refractivity contribution in [1.82, 2.24) is 0 Å². The van der Waals surface area contributed by atoms with Crippen LogP contribution in [0.4, 0.5) is 0 Å². The maximum absolute atomic E-state index is 10.0. The average molecular weight is 178 g/mol. The van der Waals surface area contributed by atoms with Gasteiger partial charge in [0.15, 0.2) is 0 Å². The van der Waals surface area contributed by atoms with Crippen molar-refractivity contribution >= 4 is 6.47 Å². The lowest BCUT2D eigenvalue weighted by atomic mass is 9.97. The summed E-state index contributed by atoms with van der Waals surface area (Å²) in [5, 5.41) is 0. The van der Waals surface area contributed by atoms with Gasteiger partial charge in [-0.3, -0.25) is 4.79 Å². The van der Waals surface area contributed by atoms with E-state index < -0.39 is 0 Å². The second kappa shape index (κ2) is 4.65. The summed E-state index contributed by atoms with van der Waals surface area (Å²) >= 11 is 0. The van der Waals surface area contributed by atoms with Gasteiger partial charge in [0.1, 0.15) is 0 Å². The molecule has 0 aromatic heterocycles. The van der Waals surface area contributed by atoms with Crippen molar-refractivity contribution in [3.63, 3.8) is 0 Å². The first-order chi connectivity index (χ1) is 6.25. The van der Waals surface area contributed by atoms with Gasteiger partial charge in [-0.05, 0) is 18.1 Å². The molecule has 1 rings (SSSR count). The molecule has 0 saturated heterocycles. The highest BCUT2D eigenvalue weighted by Crippen LogP contribution is 2.18. The van der Waals surface area contributed by atoms with Crippen LogP contribution in [-0.2, 0) is 9.53 Å². The fraction of sp³-hybridized carbons (Fsp3) is 0.364. The average Bonchev–Trinajstić information content (AvgIpc) is 2.15. The van der Waals surface area contributed by atoms with E-state index in [2.05, 4.69) is 19.1 Å². The van der Waals surface area contributed by atoms with Crippen LogP contribution in [0.3, 0.4) is 0 Å². The lowest BCUT2D eigenvalue weighted by Gasteiger charge is -2.12. The number of rotatable bonds is 4. The molecule has 0 aliphatic heterocycles. The molecule has 0 saturated carbocycles. The predicted molar refractivity (Wildman–Crippen MR) is 51.6 cm³/mol. The van der Waals surface area contributed by atoms with E-state index in [0.29, 0.717) is 13.1 Å². The van der Waals surface area contributed by atoms with Gasteiger partial charge in [-0.2, -0.15) is 0 Å². The van der Waals surface area contributed by atoms with Crippen molar-refractivity contribution in [2.24, 2.45) is 0 Å². The zero-order valence-corrected chi connectivity index (χ0v) is 7.99. The molecule has 0 N–H and O–H groups in total. The van der Waals surface area contributed by atoms with Crippen LogP contribution in [0.2, 0.25) is 0 Å². The van der Waals surface area contributed by atoms with E-state index in [0.717, 1.165) is 0 Å². The zero-order chi connectivity index (χ0) is 9.68. The van der Waals surface area contributed by atoms with Crippen LogP contribution in [0, 0.1) is 6.92 Å². The Hall–Kier alpha value is -1.31. The Labute approximate surface area is 78.5 Å². The van der Waals surface area contributed by atoms with Crippen molar-refractivity contribution < 1.29 is 9.53 Å². The molecule has 0 radical (unpaired) electrons. The van der Waals surface area contributed by atoms with Gasteiger partial charge in [-0.15, -0.1) is 0 Å². The number of carbonyl (C=O) groups is 1. The van der Waals surface area contributed by atoms with Crippen molar-refractivity contribution in [3.8, 4) is 0 Å². The molecule has 13 heavy (non-hydrogen) atoms. The number of benzene rings is 1. The van der Waals surface area contributed by atoms with E-state index in [1.807, 2.05) is 19.1 Å². The van der Waals surface area contributed by atoms with Crippen LogP contribution in [-0.4, -0.2) is 13.1 Å². The summed E-state index contributed by atoms with van der Waals surface area (Å²) < 4.78 is 4.72. The summed E-state index contributed by atoms with van der Waals surface area (Å²) in [6.45, 7) is 5.06. The van der Waals surface area contributed by atoms with Gasteiger partial charge in [-0.25, -0.2) is 0 Å². The van der Waals surface area contributed by atoms with E-state index in [1.165, 1.54) is 11.1 Å². The molecule has 70 valence electrons. The van der Waals surface area contributed by atoms with Crippen LogP contribution in [0.25, 0.3) is 0 Å². The number of carbonyl (C=O) groups excluding carboxylic acids is 1. The highest BCUT2D eigenvalue weighted by atomic mass is 16.5. The van der Waals surface area contributed by atoms with E-state index in [-0.39, 0.29) is 5.92 Å². The molecule has 0 fully saturated rings. The smallest absolute Gasteiger partial charge is 0.293 e. The molecule has 0 aliphatic rings. The Morgan fingerprint density at radius 1 is 1.46 bits per heavy atom. The van der Waals surface area contributed by atoms with Crippen molar-refractivity contribution in [2.75, 3.05) is 6.61 Å². The largest absolute Gasteiger partial charge is 0.467 e.